The minimum absolute atomic E-state index is 0.0702. The summed E-state index contributed by atoms with van der Waals surface area (Å²) in [6.45, 7) is -0.720. The van der Waals surface area contributed by atoms with Crippen LogP contribution in [0, 0.1) is 0 Å². The van der Waals surface area contributed by atoms with Gasteiger partial charge >= 0.3 is 11.9 Å². The fourth-order valence-corrected chi connectivity index (χ4v) is 3.67. The second-order valence-corrected chi connectivity index (χ2v) is 7.01. The Kier molecular flexibility index (Phi) is 7.46. The number of nitrogens with zero attached hydrogens (tertiary/aromatic N) is 1. The maximum Gasteiger partial charge on any atom is 0.341 e. The molecule has 1 aliphatic heterocycles. The molecule has 11 heteroatoms. The highest BCUT2D eigenvalue weighted by Gasteiger charge is 2.48. The van der Waals surface area contributed by atoms with Crippen LogP contribution in [0.4, 0.5) is 0 Å². The summed E-state index contributed by atoms with van der Waals surface area (Å²) < 4.78 is 4.85. The van der Waals surface area contributed by atoms with Crippen molar-refractivity contribution in [3.8, 4) is 0 Å². The summed E-state index contributed by atoms with van der Waals surface area (Å²) in [6.07, 6.45) is 0. The minimum Gasteiger partial charge on any atom is -0.480 e. The van der Waals surface area contributed by atoms with E-state index in [-0.39, 0.29) is 11.6 Å². The van der Waals surface area contributed by atoms with Crippen molar-refractivity contribution in [2.24, 2.45) is 0 Å². The largest absolute Gasteiger partial charge is 0.480 e. The van der Waals surface area contributed by atoms with Gasteiger partial charge in [0.05, 0.1) is 12.6 Å². The molecule has 1 aliphatic rings. The van der Waals surface area contributed by atoms with Crippen molar-refractivity contribution in [3.05, 3.63) is 35.9 Å². The molecule has 1 fully saturated rings. The number of halogens is 1. The van der Waals surface area contributed by atoms with Crippen LogP contribution >= 0.6 is 28.1 Å². The van der Waals surface area contributed by atoms with E-state index < -0.39 is 48.4 Å². The number of hydrogen-bond donors (Lipinski definition) is 3. The normalized spacial score (nSPS) is 19.3. The van der Waals surface area contributed by atoms with Crippen molar-refractivity contribution in [1.82, 2.24) is 10.2 Å². The molecule has 1 aromatic carbocycles. The minimum atomic E-state index is -1.45. The van der Waals surface area contributed by atoms with Gasteiger partial charge in [-0.1, -0.05) is 46.3 Å². The predicted octanol–water partition coefficient (Wildman–Crippen LogP) is 0.374. The second-order valence-electron chi connectivity index (χ2n) is 5.91. The van der Waals surface area contributed by atoms with Gasteiger partial charge in [-0.3, -0.25) is 14.4 Å². The smallest absolute Gasteiger partial charge is 0.341 e. The van der Waals surface area contributed by atoms with Gasteiger partial charge in [-0.25, -0.2) is 4.79 Å². The third kappa shape index (κ3) is 5.04. The van der Waals surface area contributed by atoms with Crippen LogP contribution < -0.4 is 5.32 Å². The average molecular weight is 473 g/mol. The molecule has 0 spiro atoms. The van der Waals surface area contributed by atoms with Crippen molar-refractivity contribution in [1.29, 1.82) is 0 Å². The molecule has 1 heterocycles. The first kappa shape index (κ1) is 21.8. The van der Waals surface area contributed by atoms with E-state index in [0.29, 0.717) is 10.9 Å². The average Bonchev–Trinajstić information content (AvgIpc) is 2.65. The number of carbonyl (C=O) groups excluding carboxylic acids is 2. The van der Waals surface area contributed by atoms with Crippen LogP contribution in [0.5, 0.6) is 0 Å². The number of carbonyl (C=O) groups is 4. The number of amides is 2. The van der Waals surface area contributed by atoms with E-state index in [2.05, 4.69) is 21.2 Å². The fraction of sp³-hybridized carbons (Fsp3) is 0.353. The summed E-state index contributed by atoms with van der Waals surface area (Å²) in [7, 11) is 0. The zero-order chi connectivity index (χ0) is 20.8. The van der Waals surface area contributed by atoms with Crippen molar-refractivity contribution >= 4 is 57.0 Å². The highest BCUT2D eigenvalue weighted by atomic mass is 79.9. The van der Waals surface area contributed by atoms with Gasteiger partial charge in [0.2, 0.25) is 11.8 Å². The summed E-state index contributed by atoms with van der Waals surface area (Å²) in [6, 6.07) is 6.58. The third-order valence-corrected chi connectivity index (χ3v) is 5.00. The Balaban J connectivity index is 2.02. The highest BCUT2D eigenvalue weighted by molar-refractivity contribution is 9.09. The molecule has 1 saturated heterocycles. The van der Waals surface area contributed by atoms with E-state index >= 15 is 0 Å². The van der Waals surface area contributed by atoms with Crippen LogP contribution in [0.3, 0.4) is 0 Å². The topological polar surface area (TPSA) is 133 Å². The number of ether oxygens (including phenoxy) is 1. The molecule has 2 rings (SSSR count). The van der Waals surface area contributed by atoms with E-state index in [4.69, 9.17) is 22.1 Å². The molecule has 0 aliphatic carbocycles. The summed E-state index contributed by atoms with van der Waals surface area (Å²) in [5.41, 5.74) is 0.301. The van der Waals surface area contributed by atoms with Crippen molar-refractivity contribution in [2.75, 3.05) is 18.5 Å². The number of alkyl halides is 1. The number of carboxylic acid groups (broad SMARTS) is 2. The highest BCUT2D eigenvalue weighted by Crippen LogP contribution is 2.24. The number of carboxylic acids is 2. The molecule has 1 aromatic rings. The van der Waals surface area contributed by atoms with Gasteiger partial charge < -0.3 is 25.2 Å². The molecule has 0 saturated carbocycles. The lowest BCUT2D eigenvalue weighted by Crippen LogP contribution is -2.72. The Bertz CT molecular complexity index is 789. The molecule has 0 aromatic heterocycles. The van der Waals surface area contributed by atoms with Gasteiger partial charge in [0.15, 0.2) is 17.6 Å². The first-order valence-electron chi connectivity index (χ1n) is 8.08. The van der Waals surface area contributed by atoms with Gasteiger partial charge in [0.25, 0.3) is 0 Å². The quantitative estimate of drug-likeness (QED) is 0.203. The molecule has 3 N–H and O–H groups in total. The van der Waals surface area contributed by atoms with E-state index in [1.165, 1.54) is 17.0 Å². The van der Waals surface area contributed by atoms with Gasteiger partial charge in [0, 0.05) is 5.33 Å². The Morgan fingerprint density at radius 2 is 1.89 bits per heavy atom. The standard InChI is InChI=1S/C17H17BrN2O7S/c18-6-10-14(16(24)20(10)7-12(28)27-8-11(21)22)19-15(23)13(17(25)26)9-4-2-1-3-5-9/h1-5,10,13-14H,6-8H2,(H,19,23)(H,21,22)(H,25,26)/t10-,13?,14+/m0/s1. The number of rotatable bonds is 9. The third-order valence-electron chi connectivity index (χ3n) is 4.09. The van der Waals surface area contributed by atoms with Crippen LogP contribution in [0.1, 0.15) is 11.5 Å². The zero-order valence-electron chi connectivity index (χ0n) is 14.4. The van der Waals surface area contributed by atoms with E-state index in [1.54, 1.807) is 18.2 Å². The van der Waals surface area contributed by atoms with Gasteiger partial charge in [0.1, 0.15) is 6.04 Å². The Morgan fingerprint density at radius 1 is 1.25 bits per heavy atom. The molecule has 3 atom stereocenters. The van der Waals surface area contributed by atoms with Crippen LogP contribution in [-0.2, 0) is 23.9 Å². The predicted molar refractivity (Wildman–Crippen MR) is 104 cm³/mol. The van der Waals surface area contributed by atoms with E-state index in [9.17, 15) is 24.3 Å². The van der Waals surface area contributed by atoms with Gasteiger partial charge in [-0.2, -0.15) is 0 Å². The Hall–Kier alpha value is -2.53. The molecule has 2 amide bonds. The molecule has 9 nitrogen and oxygen atoms in total. The number of hydrogen-bond acceptors (Lipinski definition) is 6. The molecule has 28 heavy (non-hydrogen) atoms. The fourth-order valence-electron chi connectivity index (χ4n) is 2.75. The number of β-lactam (4-membered cyclic amide) rings is 1. The molecular weight excluding hydrogens is 456 g/mol. The lowest BCUT2D eigenvalue weighted by molar-refractivity contribution is -0.153. The molecule has 1 unspecified atom stereocenters. The molecule has 0 bridgehead atoms. The summed E-state index contributed by atoms with van der Waals surface area (Å²) in [5.74, 6) is -5.23. The van der Waals surface area contributed by atoms with Crippen molar-refractivity contribution in [2.45, 2.75) is 18.0 Å². The first-order valence-corrected chi connectivity index (χ1v) is 9.61. The zero-order valence-corrected chi connectivity index (χ0v) is 16.8. The lowest BCUT2D eigenvalue weighted by Gasteiger charge is -2.46. The van der Waals surface area contributed by atoms with Crippen LogP contribution in [0.2, 0.25) is 0 Å². The number of nitrogens with one attached hydrogen (secondary N) is 1. The first-order chi connectivity index (χ1) is 13.3. The van der Waals surface area contributed by atoms with Gasteiger partial charge in [-0.15, -0.1) is 0 Å². The SMILES string of the molecule is O=C(O)COC(=S)CN1C(=O)[C@H](NC(=O)C(C(=O)O)c2ccccc2)[C@@H]1CBr. The molecule has 0 radical (unpaired) electrons. The summed E-state index contributed by atoms with van der Waals surface area (Å²) >= 11 is 8.16. The van der Waals surface area contributed by atoms with Crippen molar-refractivity contribution < 1.29 is 34.1 Å². The monoisotopic (exact) mass is 472 g/mol. The number of thiocarbonyl (C=S) groups is 1. The maximum atomic E-state index is 12.5. The number of aliphatic carboxylic acids is 2. The molecule has 150 valence electrons. The lowest BCUT2D eigenvalue weighted by atomic mass is 9.93. The Morgan fingerprint density at radius 3 is 2.43 bits per heavy atom. The number of benzene rings is 1. The van der Waals surface area contributed by atoms with E-state index in [1.807, 2.05) is 0 Å². The van der Waals surface area contributed by atoms with E-state index in [0.717, 1.165) is 0 Å². The summed E-state index contributed by atoms with van der Waals surface area (Å²) in [5, 5.41) is 20.7. The van der Waals surface area contributed by atoms with Gasteiger partial charge in [-0.05, 0) is 17.8 Å². The van der Waals surface area contributed by atoms with Crippen LogP contribution in [-0.4, -0.2) is 74.5 Å². The molecular formula is C17H17BrN2O7S. The second kappa shape index (κ2) is 9.60. The van der Waals surface area contributed by atoms with Crippen molar-refractivity contribution in [3.63, 3.8) is 0 Å². The van der Waals surface area contributed by atoms with Crippen LogP contribution in [0.25, 0.3) is 0 Å². The number of likely N-dealkylation sites (tertiary alicyclic amines) is 1. The summed E-state index contributed by atoms with van der Waals surface area (Å²) in [4.78, 5) is 48.3. The Labute approximate surface area is 173 Å². The van der Waals surface area contributed by atoms with Crippen LogP contribution in [0.15, 0.2) is 30.3 Å². The maximum absolute atomic E-state index is 12.5.